The topological polar surface area (TPSA) is 74.6 Å². The highest BCUT2D eigenvalue weighted by Crippen LogP contribution is 2.51. The number of benzene rings is 2. The summed E-state index contributed by atoms with van der Waals surface area (Å²) in [4.78, 5) is 25.6. The minimum absolute atomic E-state index is 0.00645. The van der Waals surface area contributed by atoms with Crippen LogP contribution in [0.5, 0.6) is 0 Å². The number of fused-ring (bicyclic) bond motifs is 1. The Kier molecular flexibility index (Phi) is 5.37. The van der Waals surface area contributed by atoms with Crippen molar-refractivity contribution in [3.63, 3.8) is 0 Å². The maximum Gasteiger partial charge on any atom is 0.314 e. The molecule has 2 aliphatic rings. The van der Waals surface area contributed by atoms with Gasteiger partial charge in [-0.25, -0.2) is 0 Å². The molecule has 2 saturated carbocycles. The van der Waals surface area contributed by atoms with Gasteiger partial charge in [0.05, 0.1) is 10.8 Å². The van der Waals surface area contributed by atoms with E-state index in [9.17, 15) is 19.8 Å². The van der Waals surface area contributed by atoms with Gasteiger partial charge in [0.1, 0.15) is 0 Å². The van der Waals surface area contributed by atoms with Gasteiger partial charge in [-0.1, -0.05) is 75.9 Å². The standard InChI is InChI=1S/C26H32O4/c1-17-9-3-5-15-25(17,23(27)28)20-13-7-11-19-12-8-14-21(22(19)20)26(24(29)30)16-6-4-10-18(26)2/h7-8,11-14,17-18H,3-6,9-10,15-16H2,1-2H3,(H,27,28)(H,29,30). The monoisotopic (exact) mass is 408 g/mol. The van der Waals surface area contributed by atoms with E-state index >= 15 is 0 Å². The lowest BCUT2D eigenvalue weighted by molar-refractivity contribution is -0.148. The third-order valence-corrected chi connectivity index (χ3v) is 8.23. The van der Waals surface area contributed by atoms with Crippen molar-refractivity contribution in [3.8, 4) is 0 Å². The summed E-state index contributed by atoms with van der Waals surface area (Å²) in [5, 5.41) is 22.8. The maximum absolute atomic E-state index is 12.8. The molecule has 0 bridgehead atoms. The molecule has 4 unspecified atom stereocenters. The van der Waals surface area contributed by atoms with Crippen LogP contribution >= 0.6 is 0 Å². The summed E-state index contributed by atoms with van der Waals surface area (Å²) in [6.07, 6.45) is 6.83. The second-order valence-corrected chi connectivity index (χ2v) is 9.56. The van der Waals surface area contributed by atoms with Gasteiger partial charge < -0.3 is 10.2 Å². The Morgan fingerprint density at radius 3 is 1.57 bits per heavy atom. The second kappa shape index (κ2) is 7.72. The zero-order valence-corrected chi connectivity index (χ0v) is 18.0. The first-order valence-electron chi connectivity index (χ1n) is 11.3. The Bertz CT molecular complexity index is 905. The molecule has 4 rings (SSSR count). The molecule has 30 heavy (non-hydrogen) atoms. The third kappa shape index (κ3) is 2.87. The fourth-order valence-corrected chi connectivity index (χ4v) is 6.44. The Morgan fingerprint density at radius 2 is 1.20 bits per heavy atom. The second-order valence-electron chi connectivity index (χ2n) is 9.56. The third-order valence-electron chi connectivity index (χ3n) is 8.23. The van der Waals surface area contributed by atoms with Gasteiger partial charge in [-0.05, 0) is 59.4 Å². The van der Waals surface area contributed by atoms with Crippen molar-refractivity contribution < 1.29 is 19.8 Å². The summed E-state index contributed by atoms with van der Waals surface area (Å²) in [6.45, 7) is 4.09. The zero-order chi connectivity index (χ0) is 21.5. The maximum atomic E-state index is 12.8. The van der Waals surface area contributed by atoms with Crippen LogP contribution in [0.4, 0.5) is 0 Å². The van der Waals surface area contributed by atoms with Gasteiger partial charge in [0.25, 0.3) is 0 Å². The summed E-state index contributed by atoms with van der Waals surface area (Å²) in [5.41, 5.74) is -0.306. The van der Waals surface area contributed by atoms with Gasteiger partial charge in [0, 0.05) is 0 Å². The summed E-state index contributed by atoms with van der Waals surface area (Å²) in [5.74, 6) is -1.55. The van der Waals surface area contributed by atoms with Crippen molar-refractivity contribution in [2.45, 2.75) is 76.0 Å². The number of carboxylic acids is 2. The largest absolute Gasteiger partial charge is 0.481 e. The first kappa shape index (κ1) is 20.9. The minimum atomic E-state index is -0.967. The Hall–Kier alpha value is -2.36. The summed E-state index contributed by atoms with van der Waals surface area (Å²) < 4.78 is 0. The van der Waals surface area contributed by atoms with E-state index in [2.05, 4.69) is 0 Å². The zero-order valence-electron chi connectivity index (χ0n) is 18.0. The molecule has 2 aromatic carbocycles. The van der Waals surface area contributed by atoms with Crippen LogP contribution in [-0.4, -0.2) is 22.2 Å². The van der Waals surface area contributed by atoms with E-state index in [1.807, 2.05) is 50.2 Å². The van der Waals surface area contributed by atoms with Crippen LogP contribution in [-0.2, 0) is 20.4 Å². The summed E-state index contributed by atoms with van der Waals surface area (Å²) in [6, 6.07) is 11.8. The first-order valence-corrected chi connectivity index (χ1v) is 11.3. The molecule has 4 nitrogen and oxygen atoms in total. The molecule has 4 atom stereocenters. The number of aliphatic carboxylic acids is 2. The van der Waals surface area contributed by atoms with Gasteiger partial charge in [-0.3, -0.25) is 9.59 Å². The lowest BCUT2D eigenvalue weighted by atomic mass is 9.59. The van der Waals surface area contributed by atoms with Crippen LogP contribution in [0.25, 0.3) is 10.8 Å². The van der Waals surface area contributed by atoms with Crippen LogP contribution in [0.2, 0.25) is 0 Å². The van der Waals surface area contributed by atoms with Crippen molar-refractivity contribution in [3.05, 3.63) is 47.5 Å². The van der Waals surface area contributed by atoms with Crippen molar-refractivity contribution in [2.24, 2.45) is 11.8 Å². The molecule has 0 aromatic heterocycles. The molecule has 0 saturated heterocycles. The van der Waals surface area contributed by atoms with Gasteiger partial charge in [-0.2, -0.15) is 0 Å². The lowest BCUT2D eigenvalue weighted by Crippen LogP contribution is -2.46. The van der Waals surface area contributed by atoms with Gasteiger partial charge in [-0.15, -0.1) is 0 Å². The van der Waals surface area contributed by atoms with E-state index in [-0.39, 0.29) is 11.8 Å². The van der Waals surface area contributed by atoms with Crippen LogP contribution < -0.4 is 0 Å². The highest BCUT2D eigenvalue weighted by atomic mass is 16.4. The smallest absolute Gasteiger partial charge is 0.314 e. The normalized spacial score (nSPS) is 32.1. The number of carboxylic acid groups (broad SMARTS) is 2. The van der Waals surface area contributed by atoms with E-state index in [0.29, 0.717) is 12.8 Å². The Morgan fingerprint density at radius 1 is 0.767 bits per heavy atom. The van der Waals surface area contributed by atoms with Crippen molar-refractivity contribution >= 4 is 22.7 Å². The molecular formula is C26H32O4. The van der Waals surface area contributed by atoms with E-state index in [1.54, 1.807) is 0 Å². The molecule has 2 aromatic rings. The molecule has 0 heterocycles. The summed E-state index contributed by atoms with van der Waals surface area (Å²) in [7, 11) is 0. The number of rotatable bonds is 4. The van der Waals surface area contributed by atoms with Gasteiger partial charge in [0.2, 0.25) is 0 Å². The predicted molar refractivity (Wildman–Crippen MR) is 118 cm³/mol. The summed E-state index contributed by atoms with van der Waals surface area (Å²) >= 11 is 0. The van der Waals surface area contributed by atoms with Crippen LogP contribution in [0.1, 0.15) is 76.3 Å². The molecular weight excluding hydrogens is 376 g/mol. The average molecular weight is 409 g/mol. The molecule has 2 aliphatic carbocycles. The Labute approximate surface area is 178 Å². The quantitative estimate of drug-likeness (QED) is 0.660. The van der Waals surface area contributed by atoms with Gasteiger partial charge >= 0.3 is 11.9 Å². The fraction of sp³-hybridized carbons (Fsp3) is 0.538. The number of hydrogen-bond donors (Lipinski definition) is 2. The van der Waals surface area contributed by atoms with Gasteiger partial charge in [0.15, 0.2) is 0 Å². The number of carbonyl (C=O) groups is 2. The molecule has 2 N–H and O–H groups in total. The van der Waals surface area contributed by atoms with Crippen LogP contribution in [0, 0.1) is 11.8 Å². The number of hydrogen-bond acceptors (Lipinski definition) is 2. The molecule has 2 fully saturated rings. The highest BCUT2D eigenvalue weighted by molar-refractivity contribution is 5.99. The van der Waals surface area contributed by atoms with Crippen molar-refractivity contribution in [1.82, 2.24) is 0 Å². The average Bonchev–Trinajstić information content (AvgIpc) is 2.73. The van der Waals surface area contributed by atoms with Crippen molar-refractivity contribution in [2.75, 3.05) is 0 Å². The van der Waals surface area contributed by atoms with E-state index in [0.717, 1.165) is 60.4 Å². The van der Waals surface area contributed by atoms with Crippen molar-refractivity contribution in [1.29, 1.82) is 0 Å². The van der Waals surface area contributed by atoms with E-state index in [1.165, 1.54) is 0 Å². The van der Waals surface area contributed by atoms with E-state index < -0.39 is 22.8 Å². The molecule has 0 aliphatic heterocycles. The SMILES string of the molecule is CC1CCCCC1(C(=O)O)c1cccc2cccc(C3(C(=O)O)CCCCC3C)c12. The molecule has 0 spiro atoms. The van der Waals surface area contributed by atoms with Crippen LogP contribution in [0.3, 0.4) is 0 Å². The highest BCUT2D eigenvalue weighted by Gasteiger charge is 2.51. The molecule has 4 heteroatoms. The minimum Gasteiger partial charge on any atom is -0.481 e. The first-order chi connectivity index (χ1) is 14.4. The predicted octanol–water partition coefficient (Wildman–Crippen LogP) is 5.90. The molecule has 0 radical (unpaired) electrons. The lowest BCUT2D eigenvalue weighted by Gasteiger charge is -2.43. The van der Waals surface area contributed by atoms with E-state index in [4.69, 9.17) is 0 Å². The van der Waals surface area contributed by atoms with Crippen LogP contribution in [0.15, 0.2) is 36.4 Å². The fourth-order valence-electron chi connectivity index (χ4n) is 6.44. The molecule has 0 amide bonds. The molecule has 160 valence electrons. The Balaban J connectivity index is 2.07.